The Labute approximate surface area is 203 Å². The zero-order valence-electron chi connectivity index (χ0n) is 19.0. The van der Waals surface area contributed by atoms with E-state index in [0.717, 1.165) is 32.7 Å². The second-order valence-electron chi connectivity index (χ2n) is 7.89. The molecule has 2 fully saturated rings. The number of carbonyl (C=O) groups is 1. The average Bonchev–Trinajstić information content (AvgIpc) is 3.10. The number of hydrogen-bond donors (Lipinski definition) is 0. The summed E-state index contributed by atoms with van der Waals surface area (Å²) in [5, 5.41) is 0. The lowest BCUT2D eigenvalue weighted by Gasteiger charge is -2.35. The molecule has 4 rings (SSSR count). The van der Waals surface area contributed by atoms with Crippen LogP contribution >= 0.6 is 24.0 Å². The van der Waals surface area contributed by atoms with Crippen LogP contribution in [-0.2, 0) is 9.53 Å². The first-order chi connectivity index (χ1) is 16.0. The number of thioether (sulfide) groups is 1. The number of likely N-dealkylation sites (N-methyl/N-ethyl adjacent to an activating group) is 1. The monoisotopic (exact) mass is 487 g/mol. The highest BCUT2D eigenvalue weighted by molar-refractivity contribution is 8.26. The Hall–Kier alpha value is -2.27. The van der Waals surface area contributed by atoms with Crippen LogP contribution in [0, 0.1) is 0 Å². The highest BCUT2D eigenvalue weighted by Gasteiger charge is 2.32. The minimum Gasteiger partial charge on any atom is -0.382 e. The SMILES string of the molecule is CCOCCCN1C(=O)C(=Cc2c(N3CCN(CC)CC3)nc3ccccn3c2=O)SC1=S. The molecule has 2 aliphatic heterocycles. The van der Waals surface area contributed by atoms with E-state index in [-0.39, 0.29) is 11.5 Å². The summed E-state index contributed by atoms with van der Waals surface area (Å²) in [7, 11) is 0. The van der Waals surface area contributed by atoms with E-state index in [1.807, 2.05) is 19.1 Å². The van der Waals surface area contributed by atoms with Crippen molar-refractivity contribution in [1.29, 1.82) is 0 Å². The number of pyridine rings is 1. The maximum Gasteiger partial charge on any atom is 0.267 e. The van der Waals surface area contributed by atoms with Gasteiger partial charge < -0.3 is 14.5 Å². The molecule has 8 nitrogen and oxygen atoms in total. The number of thiocarbonyl (C=S) groups is 1. The first-order valence-electron chi connectivity index (χ1n) is 11.3. The van der Waals surface area contributed by atoms with Crippen molar-refractivity contribution in [2.45, 2.75) is 20.3 Å². The van der Waals surface area contributed by atoms with Crippen molar-refractivity contribution in [2.24, 2.45) is 0 Å². The number of hydrogen-bond acceptors (Lipinski definition) is 8. The molecule has 0 bridgehead atoms. The molecule has 4 heterocycles. The molecule has 2 aromatic rings. The first-order valence-corrected chi connectivity index (χ1v) is 12.6. The van der Waals surface area contributed by atoms with E-state index in [9.17, 15) is 9.59 Å². The van der Waals surface area contributed by atoms with Crippen LogP contribution in [0.2, 0.25) is 0 Å². The molecule has 0 unspecified atom stereocenters. The molecule has 0 saturated carbocycles. The van der Waals surface area contributed by atoms with Crippen LogP contribution in [0.4, 0.5) is 5.82 Å². The minimum atomic E-state index is -0.185. The summed E-state index contributed by atoms with van der Waals surface area (Å²) in [5.41, 5.74) is 0.838. The number of aromatic nitrogens is 2. The van der Waals surface area contributed by atoms with Crippen molar-refractivity contribution in [1.82, 2.24) is 19.2 Å². The standard InChI is InChI=1S/C23H29N5O3S2/c1-3-25-11-13-26(14-12-25)20-17(21(29)27-9-6-5-8-19(27)24-20)16-18-22(30)28(23(32)33-18)10-7-15-31-4-2/h5-6,8-9,16H,3-4,7,10-15H2,1-2H3. The van der Waals surface area contributed by atoms with Crippen molar-refractivity contribution in [3.63, 3.8) is 0 Å². The molecule has 2 aromatic heterocycles. The van der Waals surface area contributed by atoms with Crippen molar-refractivity contribution < 1.29 is 9.53 Å². The van der Waals surface area contributed by atoms with Crippen LogP contribution < -0.4 is 10.5 Å². The molecule has 10 heteroatoms. The van der Waals surface area contributed by atoms with Gasteiger partial charge in [-0.15, -0.1) is 0 Å². The van der Waals surface area contributed by atoms with E-state index in [0.29, 0.717) is 52.4 Å². The van der Waals surface area contributed by atoms with Gasteiger partial charge in [0.1, 0.15) is 15.8 Å². The third kappa shape index (κ3) is 5.13. The van der Waals surface area contributed by atoms with Crippen LogP contribution in [-0.4, -0.2) is 81.9 Å². The lowest BCUT2D eigenvalue weighted by molar-refractivity contribution is -0.122. The number of carbonyl (C=O) groups excluding carboxylic acids is 1. The van der Waals surface area contributed by atoms with E-state index < -0.39 is 0 Å². The van der Waals surface area contributed by atoms with Gasteiger partial charge in [-0.1, -0.05) is 37.0 Å². The van der Waals surface area contributed by atoms with Crippen molar-refractivity contribution in [2.75, 3.05) is 57.4 Å². The Morgan fingerprint density at radius 3 is 2.70 bits per heavy atom. The summed E-state index contributed by atoms with van der Waals surface area (Å²) in [4.78, 5) is 38.0. The molecule has 0 N–H and O–H groups in total. The van der Waals surface area contributed by atoms with Crippen molar-refractivity contribution >= 4 is 51.7 Å². The highest BCUT2D eigenvalue weighted by atomic mass is 32.2. The number of piperazine rings is 1. The highest BCUT2D eigenvalue weighted by Crippen LogP contribution is 2.33. The molecule has 33 heavy (non-hydrogen) atoms. The fraction of sp³-hybridized carbons (Fsp3) is 0.478. The number of fused-ring (bicyclic) bond motifs is 1. The molecular formula is C23H29N5O3S2. The van der Waals surface area contributed by atoms with E-state index in [1.165, 1.54) is 16.2 Å². The van der Waals surface area contributed by atoms with Crippen LogP contribution in [0.1, 0.15) is 25.8 Å². The third-order valence-electron chi connectivity index (χ3n) is 5.89. The fourth-order valence-corrected chi connectivity index (χ4v) is 5.32. The van der Waals surface area contributed by atoms with Gasteiger partial charge in [-0.2, -0.15) is 0 Å². The summed E-state index contributed by atoms with van der Waals surface area (Å²) in [6.07, 6.45) is 4.10. The zero-order valence-corrected chi connectivity index (χ0v) is 20.7. The van der Waals surface area contributed by atoms with Gasteiger partial charge in [0, 0.05) is 52.1 Å². The van der Waals surface area contributed by atoms with Gasteiger partial charge in [-0.3, -0.25) is 18.9 Å². The topological polar surface area (TPSA) is 70.4 Å². The van der Waals surface area contributed by atoms with Gasteiger partial charge in [0.05, 0.1) is 10.5 Å². The van der Waals surface area contributed by atoms with E-state index >= 15 is 0 Å². The van der Waals surface area contributed by atoms with Crippen LogP contribution in [0.5, 0.6) is 0 Å². The largest absolute Gasteiger partial charge is 0.382 e. The summed E-state index contributed by atoms with van der Waals surface area (Å²) in [6.45, 7) is 10.2. The molecule has 0 radical (unpaired) electrons. The smallest absolute Gasteiger partial charge is 0.267 e. The predicted octanol–water partition coefficient (Wildman–Crippen LogP) is 2.46. The number of nitrogens with zero attached hydrogens (tertiary/aromatic N) is 5. The van der Waals surface area contributed by atoms with Gasteiger partial charge in [0.25, 0.3) is 11.5 Å². The van der Waals surface area contributed by atoms with Gasteiger partial charge >= 0.3 is 0 Å². The lowest BCUT2D eigenvalue weighted by atomic mass is 10.2. The molecule has 1 amide bonds. The Balaban J connectivity index is 1.68. The third-order valence-corrected chi connectivity index (χ3v) is 7.27. The molecule has 0 atom stereocenters. The molecule has 0 aromatic carbocycles. The van der Waals surface area contributed by atoms with Gasteiger partial charge in [0.15, 0.2) is 0 Å². The van der Waals surface area contributed by atoms with Crippen molar-refractivity contribution in [3.8, 4) is 0 Å². The van der Waals surface area contributed by atoms with Gasteiger partial charge in [-0.25, -0.2) is 4.98 Å². The lowest BCUT2D eigenvalue weighted by Crippen LogP contribution is -2.47. The number of amides is 1. The van der Waals surface area contributed by atoms with Crippen LogP contribution in [0.25, 0.3) is 11.7 Å². The molecule has 176 valence electrons. The Bertz CT molecular complexity index is 1120. The van der Waals surface area contributed by atoms with Crippen LogP contribution in [0.3, 0.4) is 0 Å². The maximum absolute atomic E-state index is 13.5. The molecular weight excluding hydrogens is 458 g/mol. The van der Waals surface area contributed by atoms with Crippen LogP contribution in [0.15, 0.2) is 34.1 Å². The number of ether oxygens (including phenoxy) is 1. The second kappa shape index (κ2) is 10.8. The number of anilines is 1. The summed E-state index contributed by atoms with van der Waals surface area (Å²) < 4.78 is 7.41. The Morgan fingerprint density at radius 2 is 1.97 bits per heavy atom. The van der Waals surface area contributed by atoms with Crippen molar-refractivity contribution in [3.05, 3.63) is 45.2 Å². The normalized spacial score (nSPS) is 18.8. The van der Waals surface area contributed by atoms with E-state index in [1.54, 1.807) is 23.2 Å². The average molecular weight is 488 g/mol. The first kappa shape index (κ1) is 23.9. The molecule has 2 aliphatic rings. The fourth-order valence-electron chi connectivity index (χ4n) is 4.03. The zero-order chi connectivity index (χ0) is 23.4. The maximum atomic E-state index is 13.5. The van der Waals surface area contributed by atoms with E-state index in [4.69, 9.17) is 21.9 Å². The number of rotatable bonds is 8. The molecule has 0 aliphatic carbocycles. The minimum absolute atomic E-state index is 0.166. The Kier molecular flexibility index (Phi) is 7.79. The summed E-state index contributed by atoms with van der Waals surface area (Å²) >= 11 is 6.69. The van der Waals surface area contributed by atoms with Gasteiger partial charge in [0.2, 0.25) is 0 Å². The quantitative estimate of drug-likeness (QED) is 0.320. The van der Waals surface area contributed by atoms with E-state index in [2.05, 4.69) is 16.7 Å². The Morgan fingerprint density at radius 1 is 1.18 bits per heavy atom. The second-order valence-corrected chi connectivity index (χ2v) is 9.56. The molecule has 2 saturated heterocycles. The predicted molar refractivity (Wildman–Crippen MR) is 137 cm³/mol. The summed E-state index contributed by atoms with van der Waals surface area (Å²) in [5.74, 6) is 0.462. The molecule has 0 spiro atoms. The van der Waals surface area contributed by atoms with Gasteiger partial charge in [-0.05, 0) is 38.1 Å². The summed E-state index contributed by atoms with van der Waals surface area (Å²) in [6, 6.07) is 5.50.